The average molecular weight is 285 g/mol. The van der Waals surface area contributed by atoms with Gasteiger partial charge in [-0.05, 0) is 57.0 Å². The van der Waals surface area contributed by atoms with E-state index in [9.17, 15) is 9.59 Å². The Morgan fingerprint density at radius 1 is 1.19 bits per heavy atom. The molecule has 0 bridgehead atoms. The molecule has 2 aromatic rings. The third kappa shape index (κ3) is 3.78. The molecule has 1 aromatic carbocycles. The third-order valence-corrected chi connectivity index (χ3v) is 3.46. The van der Waals surface area contributed by atoms with E-state index in [0.29, 0.717) is 24.1 Å². The molecular weight excluding hydrogens is 266 g/mol. The van der Waals surface area contributed by atoms with E-state index >= 15 is 0 Å². The average Bonchev–Trinajstić information content (AvgIpc) is 2.76. The summed E-state index contributed by atoms with van der Waals surface area (Å²) in [6.45, 7) is 5.40. The number of Topliss-reactive ketones (excluding diaryl/α,β-unsaturated/α-hetero) is 1. The van der Waals surface area contributed by atoms with Gasteiger partial charge >= 0.3 is 0 Å². The molecule has 5 heteroatoms. The predicted octanol–water partition coefficient (Wildman–Crippen LogP) is 2.80. The predicted molar refractivity (Wildman–Crippen MR) is 81.5 cm³/mol. The van der Waals surface area contributed by atoms with Crippen molar-refractivity contribution in [3.8, 4) is 0 Å². The monoisotopic (exact) mass is 285 g/mol. The highest BCUT2D eigenvalue weighted by Crippen LogP contribution is 2.14. The number of anilines is 1. The Kier molecular flexibility index (Phi) is 4.52. The summed E-state index contributed by atoms with van der Waals surface area (Å²) in [7, 11) is 0. The second-order valence-corrected chi connectivity index (χ2v) is 5.09. The number of amides is 1. The second kappa shape index (κ2) is 6.35. The van der Waals surface area contributed by atoms with E-state index in [2.05, 4.69) is 15.5 Å². The van der Waals surface area contributed by atoms with Gasteiger partial charge in [0.25, 0.3) is 0 Å². The van der Waals surface area contributed by atoms with Gasteiger partial charge in [-0.15, -0.1) is 0 Å². The van der Waals surface area contributed by atoms with Gasteiger partial charge in [-0.2, -0.15) is 5.10 Å². The highest BCUT2D eigenvalue weighted by molar-refractivity contribution is 5.95. The minimum absolute atomic E-state index is 0.0128. The lowest BCUT2D eigenvalue weighted by molar-refractivity contribution is -0.116. The van der Waals surface area contributed by atoms with Crippen molar-refractivity contribution in [1.29, 1.82) is 0 Å². The molecule has 5 nitrogen and oxygen atoms in total. The first-order valence-corrected chi connectivity index (χ1v) is 6.88. The number of carbonyl (C=O) groups excluding carboxylic acids is 2. The summed E-state index contributed by atoms with van der Waals surface area (Å²) in [5.74, 6) is -0.0376. The van der Waals surface area contributed by atoms with Gasteiger partial charge < -0.3 is 5.32 Å². The van der Waals surface area contributed by atoms with Crippen LogP contribution in [0, 0.1) is 13.8 Å². The molecule has 0 spiro atoms. The van der Waals surface area contributed by atoms with Crippen molar-refractivity contribution in [1.82, 2.24) is 10.2 Å². The Bertz CT molecular complexity index is 637. The number of aromatic amines is 1. The molecule has 21 heavy (non-hydrogen) atoms. The summed E-state index contributed by atoms with van der Waals surface area (Å²) in [4.78, 5) is 23.1. The van der Waals surface area contributed by atoms with Crippen LogP contribution in [0.15, 0.2) is 24.3 Å². The van der Waals surface area contributed by atoms with Gasteiger partial charge in [-0.3, -0.25) is 14.7 Å². The molecule has 0 radical (unpaired) electrons. The van der Waals surface area contributed by atoms with E-state index in [1.54, 1.807) is 24.3 Å². The van der Waals surface area contributed by atoms with Crippen LogP contribution in [0.25, 0.3) is 0 Å². The SMILES string of the molecule is CC(=O)c1ccc(NC(=O)CCc2c(C)n[nH]c2C)cc1. The molecule has 1 aromatic heterocycles. The maximum absolute atomic E-state index is 11.9. The number of H-pyrrole nitrogens is 1. The van der Waals surface area contributed by atoms with E-state index in [4.69, 9.17) is 0 Å². The zero-order valence-electron chi connectivity index (χ0n) is 12.5. The highest BCUT2D eigenvalue weighted by atomic mass is 16.1. The quantitative estimate of drug-likeness (QED) is 0.829. The zero-order chi connectivity index (χ0) is 15.4. The van der Waals surface area contributed by atoms with Gasteiger partial charge in [0.05, 0.1) is 5.69 Å². The van der Waals surface area contributed by atoms with Crippen molar-refractivity contribution in [3.63, 3.8) is 0 Å². The van der Waals surface area contributed by atoms with E-state index in [1.165, 1.54) is 6.92 Å². The Morgan fingerprint density at radius 3 is 2.38 bits per heavy atom. The molecule has 0 saturated heterocycles. The summed E-state index contributed by atoms with van der Waals surface area (Å²) < 4.78 is 0. The molecule has 0 saturated carbocycles. The minimum atomic E-state index is -0.0504. The number of hydrogen-bond donors (Lipinski definition) is 2. The Morgan fingerprint density at radius 2 is 1.86 bits per heavy atom. The lowest BCUT2D eigenvalue weighted by Gasteiger charge is -2.06. The van der Waals surface area contributed by atoms with Crippen LogP contribution >= 0.6 is 0 Å². The Labute approximate surface area is 123 Å². The van der Waals surface area contributed by atoms with Crippen molar-refractivity contribution < 1.29 is 9.59 Å². The molecular formula is C16H19N3O2. The van der Waals surface area contributed by atoms with Gasteiger partial charge in [0, 0.05) is 23.4 Å². The summed E-state index contributed by atoms with van der Waals surface area (Å²) in [6.07, 6.45) is 1.06. The first-order chi connectivity index (χ1) is 9.97. The van der Waals surface area contributed by atoms with Gasteiger partial charge in [0.2, 0.25) is 5.91 Å². The molecule has 0 aliphatic heterocycles. The highest BCUT2D eigenvalue weighted by Gasteiger charge is 2.09. The molecule has 1 heterocycles. The number of rotatable bonds is 5. The molecule has 1 amide bonds. The van der Waals surface area contributed by atoms with Gasteiger partial charge in [0.15, 0.2) is 5.78 Å². The second-order valence-electron chi connectivity index (χ2n) is 5.09. The van der Waals surface area contributed by atoms with Crippen LogP contribution in [0.2, 0.25) is 0 Å². The van der Waals surface area contributed by atoms with Crippen LogP contribution in [0.4, 0.5) is 5.69 Å². The molecule has 2 N–H and O–H groups in total. The minimum Gasteiger partial charge on any atom is -0.326 e. The van der Waals surface area contributed by atoms with Crippen LogP contribution in [0.3, 0.4) is 0 Å². The van der Waals surface area contributed by atoms with E-state index < -0.39 is 0 Å². The zero-order valence-corrected chi connectivity index (χ0v) is 12.5. The topological polar surface area (TPSA) is 74.8 Å². The number of hydrogen-bond acceptors (Lipinski definition) is 3. The number of benzene rings is 1. The molecule has 0 unspecified atom stereocenters. The number of carbonyl (C=O) groups is 2. The molecule has 0 fully saturated rings. The van der Waals surface area contributed by atoms with Crippen LogP contribution in [0.1, 0.15) is 40.7 Å². The van der Waals surface area contributed by atoms with Gasteiger partial charge in [-0.25, -0.2) is 0 Å². The largest absolute Gasteiger partial charge is 0.326 e. The fraction of sp³-hybridized carbons (Fsp3) is 0.312. The maximum atomic E-state index is 11.9. The fourth-order valence-electron chi connectivity index (χ4n) is 2.19. The van der Waals surface area contributed by atoms with Crippen LogP contribution < -0.4 is 5.32 Å². The Hall–Kier alpha value is -2.43. The molecule has 2 rings (SSSR count). The number of ketones is 1. The maximum Gasteiger partial charge on any atom is 0.224 e. The summed E-state index contributed by atoms with van der Waals surface area (Å²) in [6, 6.07) is 6.90. The van der Waals surface area contributed by atoms with E-state index in [-0.39, 0.29) is 11.7 Å². The standard InChI is InChI=1S/C16H19N3O2/c1-10-15(11(2)19-18-10)8-9-16(21)17-14-6-4-13(5-7-14)12(3)20/h4-7H,8-9H2,1-3H3,(H,17,21)(H,18,19). The lowest BCUT2D eigenvalue weighted by Crippen LogP contribution is -2.12. The number of aryl methyl sites for hydroxylation is 2. The first-order valence-electron chi connectivity index (χ1n) is 6.88. The smallest absolute Gasteiger partial charge is 0.224 e. The lowest BCUT2D eigenvalue weighted by atomic mass is 10.1. The number of aromatic nitrogens is 2. The van der Waals surface area contributed by atoms with Gasteiger partial charge in [0.1, 0.15) is 0 Å². The molecule has 0 aliphatic carbocycles. The fourth-order valence-corrected chi connectivity index (χ4v) is 2.19. The van der Waals surface area contributed by atoms with Crippen molar-refractivity contribution in [3.05, 3.63) is 46.8 Å². The molecule has 0 aliphatic rings. The molecule has 110 valence electrons. The number of nitrogens with one attached hydrogen (secondary N) is 2. The van der Waals surface area contributed by atoms with E-state index in [1.807, 2.05) is 13.8 Å². The number of nitrogens with zero attached hydrogens (tertiary/aromatic N) is 1. The first kappa shape index (κ1) is 15.0. The summed E-state index contributed by atoms with van der Waals surface area (Å²) in [5, 5.41) is 9.86. The van der Waals surface area contributed by atoms with Crippen LogP contribution in [0.5, 0.6) is 0 Å². The van der Waals surface area contributed by atoms with Crippen molar-refractivity contribution >= 4 is 17.4 Å². The third-order valence-electron chi connectivity index (χ3n) is 3.46. The Balaban J connectivity index is 1.91. The van der Waals surface area contributed by atoms with Crippen LogP contribution in [-0.2, 0) is 11.2 Å². The summed E-state index contributed by atoms with van der Waals surface area (Å²) >= 11 is 0. The normalized spacial score (nSPS) is 10.4. The molecule has 0 atom stereocenters. The van der Waals surface area contributed by atoms with Crippen molar-refractivity contribution in [2.45, 2.75) is 33.6 Å². The summed E-state index contributed by atoms with van der Waals surface area (Å²) in [5.41, 5.74) is 4.37. The van der Waals surface area contributed by atoms with E-state index in [0.717, 1.165) is 17.0 Å². The van der Waals surface area contributed by atoms with Crippen molar-refractivity contribution in [2.24, 2.45) is 0 Å². The van der Waals surface area contributed by atoms with Crippen molar-refractivity contribution in [2.75, 3.05) is 5.32 Å². The van der Waals surface area contributed by atoms with Gasteiger partial charge in [-0.1, -0.05) is 0 Å². The van der Waals surface area contributed by atoms with Crippen LogP contribution in [-0.4, -0.2) is 21.9 Å².